The standard InChI is InChI=1S/C60H37N3/c1-3-14-38(15-4-1)42-20-10-24-47(35-42)58-61-57(41-16-5-2-6-17-41)62-59(63-58)48-25-11-23-45(36-48)43-21-9-22-44(34-43)46-32-33-50-49-26-7-8-27-51(49)60(54(50)37-46)52-28-12-18-39-30-31-40-19-13-29-53(60)56(40)55(39)52/h1-37H. The topological polar surface area (TPSA) is 38.7 Å². The molecular weight excluding hydrogens is 763 g/mol. The zero-order valence-corrected chi connectivity index (χ0v) is 34.2. The molecule has 2 aliphatic carbocycles. The predicted molar refractivity (Wildman–Crippen MR) is 258 cm³/mol. The van der Waals surface area contributed by atoms with E-state index in [-0.39, 0.29) is 0 Å². The van der Waals surface area contributed by atoms with Crippen molar-refractivity contribution >= 4 is 21.5 Å². The summed E-state index contributed by atoms with van der Waals surface area (Å²) < 4.78 is 0. The van der Waals surface area contributed by atoms with Crippen LogP contribution in [0.25, 0.3) is 100 Å². The first-order chi connectivity index (χ1) is 31.2. The van der Waals surface area contributed by atoms with Gasteiger partial charge in [0.2, 0.25) is 0 Å². The lowest BCUT2D eigenvalue weighted by molar-refractivity contribution is 0.797. The van der Waals surface area contributed by atoms with Crippen molar-refractivity contribution in [1.29, 1.82) is 0 Å². The largest absolute Gasteiger partial charge is 0.208 e. The Bertz CT molecular complexity index is 3570. The molecule has 1 aromatic heterocycles. The van der Waals surface area contributed by atoms with Crippen LogP contribution in [0.15, 0.2) is 224 Å². The molecule has 0 saturated heterocycles. The summed E-state index contributed by atoms with van der Waals surface area (Å²) in [7, 11) is 0. The van der Waals surface area contributed by atoms with Crippen LogP contribution < -0.4 is 0 Å². The van der Waals surface area contributed by atoms with Gasteiger partial charge in [-0.2, -0.15) is 0 Å². The fourth-order valence-corrected chi connectivity index (χ4v) is 10.5. The van der Waals surface area contributed by atoms with E-state index in [1.54, 1.807) is 0 Å². The Morgan fingerprint density at radius 3 is 1.22 bits per heavy atom. The first-order valence-electron chi connectivity index (χ1n) is 21.6. The third kappa shape index (κ3) is 5.43. The van der Waals surface area contributed by atoms with Gasteiger partial charge in [-0.05, 0) is 113 Å². The van der Waals surface area contributed by atoms with E-state index in [0.29, 0.717) is 17.5 Å². The minimum absolute atomic E-state index is 0.401. The molecule has 11 aromatic rings. The Morgan fingerprint density at radius 2 is 0.635 bits per heavy atom. The molecule has 0 bridgehead atoms. The van der Waals surface area contributed by atoms with Crippen LogP contribution in [0.4, 0.5) is 0 Å². The Balaban J connectivity index is 0.918. The van der Waals surface area contributed by atoms with Crippen LogP contribution >= 0.6 is 0 Å². The molecule has 2 aliphatic rings. The fourth-order valence-electron chi connectivity index (χ4n) is 10.5. The maximum Gasteiger partial charge on any atom is 0.164 e. The monoisotopic (exact) mass is 799 g/mol. The molecule has 0 aliphatic heterocycles. The van der Waals surface area contributed by atoms with Crippen molar-refractivity contribution in [2.45, 2.75) is 5.41 Å². The summed E-state index contributed by atoms with van der Waals surface area (Å²) in [5.74, 6) is 1.91. The van der Waals surface area contributed by atoms with Crippen molar-refractivity contribution in [3.8, 4) is 78.7 Å². The van der Waals surface area contributed by atoms with Crippen LogP contribution in [-0.4, -0.2) is 15.0 Å². The minimum Gasteiger partial charge on any atom is -0.208 e. The third-order valence-corrected chi connectivity index (χ3v) is 13.3. The second-order valence-electron chi connectivity index (χ2n) is 16.7. The maximum atomic E-state index is 5.14. The number of fused-ring (bicyclic) bond motifs is 7. The zero-order chi connectivity index (χ0) is 41.5. The second-order valence-corrected chi connectivity index (χ2v) is 16.7. The normalized spacial score (nSPS) is 12.9. The summed E-state index contributed by atoms with van der Waals surface area (Å²) in [5, 5.41) is 5.34. The Kier molecular flexibility index (Phi) is 7.82. The average molecular weight is 800 g/mol. The highest BCUT2D eigenvalue weighted by molar-refractivity contribution is 6.17. The van der Waals surface area contributed by atoms with Gasteiger partial charge in [0.05, 0.1) is 5.41 Å². The molecule has 0 atom stereocenters. The van der Waals surface area contributed by atoms with E-state index in [1.807, 2.05) is 24.3 Å². The first kappa shape index (κ1) is 35.5. The molecule has 3 nitrogen and oxygen atoms in total. The number of nitrogens with zero attached hydrogens (tertiary/aromatic N) is 3. The van der Waals surface area contributed by atoms with E-state index >= 15 is 0 Å². The maximum absolute atomic E-state index is 5.14. The van der Waals surface area contributed by atoms with Gasteiger partial charge in [-0.3, -0.25) is 0 Å². The van der Waals surface area contributed by atoms with E-state index in [4.69, 9.17) is 15.0 Å². The number of hydrogen-bond acceptors (Lipinski definition) is 3. The SMILES string of the molecule is c1ccc(-c2cccc(-c3nc(-c4ccccc4)nc(-c4cccc(-c5cccc(-c6ccc7c(c6)C6(c8ccccc8-7)c7cccc8ccc9cccc6c9c78)c5)c4)n3)c2)cc1. The van der Waals surface area contributed by atoms with Gasteiger partial charge < -0.3 is 0 Å². The highest BCUT2D eigenvalue weighted by Gasteiger charge is 2.50. The molecule has 1 heterocycles. The van der Waals surface area contributed by atoms with Gasteiger partial charge in [-0.25, -0.2) is 15.0 Å². The van der Waals surface area contributed by atoms with Gasteiger partial charge in [-0.1, -0.05) is 200 Å². The number of benzene rings is 10. The molecule has 292 valence electrons. The molecule has 0 unspecified atom stereocenters. The van der Waals surface area contributed by atoms with Crippen molar-refractivity contribution in [1.82, 2.24) is 15.0 Å². The van der Waals surface area contributed by atoms with Crippen molar-refractivity contribution < 1.29 is 0 Å². The summed E-state index contributed by atoms with van der Waals surface area (Å²) in [6, 6.07) is 81.1. The van der Waals surface area contributed by atoms with E-state index in [1.165, 1.54) is 66.1 Å². The van der Waals surface area contributed by atoms with Crippen LogP contribution in [-0.2, 0) is 5.41 Å². The highest BCUT2D eigenvalue weighted by Crippen LogP contribution is 2.62. The molecule has 1 spiro atoms. The highest BCUT2D eigenvalue weighted by atomic mass is 15.0. The fraction of sp³-hybridized carbons (Fsp3) is 0.0167. The van der Waals surface area contributed by atoms with Crippen molar-refractivity contribution in [2.24, 2.45) is 0 Å². The third-order valence-electron chi connectivity index (χ3n) is 13.3. The number of aromatic nitrogens is 3. The number of hydrogen-bond donors (Lipinski definition) is 0. The summed E-state index contributed by atoms with van der Waals surface area (Å²) in [6.07, 6.45) is 0. The molecular formula is C60H37N3. The summed E-state index contributed by atoms with van der Waals surface area (Å²) >= 11 is 0. The smallest absolute Gasteiger partial charge is 0.164 e. The van der Waals surface area contributed by atoms with E-state index in [2.05, 4.69) is 200 Å². The molecule has 13 rings (SSSR count). The van der Waals surface area contributed by atoms with Gasteiger partial charge in [-0.15, -0.1) is 0 Å². The van der Waals surface area contributed by atoms with E-state index < -0.39 is 5.41 Å². The Labute approximate surface area is 365 Å². The molecule has 0 saturated carbocycles. The summed E-state index contributed by atoms with van der Waals surface area (Å²) in [6.45, 7) is 0. The molecule has 0 fully saturated rings. The molecule has 63 heavy (non-hydrogen) atoms. The van der Waals surface area contributed by atoms with Gasteiger partial charge in [0.1, 0.15) is 0 Å². The second kappa shape index (κ2) is 13.9. The van der Waals surface area contributed by atoms with Crippen LogP contribution in [0.5, 0.6) is 0 Å². The zero-order valence-electron chi connectivity index (χ0n) is 34.2. The molecule has 0 N–H and O–H groups in total. The molecule has 10 aromatic carbocycles. The van der Waals surface area contributed by atoms with Crippen LogP contribution in [0.2, 0.25) is 0 Å². The van der Waals surface area contributed by atoms with Gasteiger partial charge in [0.25, 0.3) is 0 Å². The van der Waals surface area contributed by atoms with Crippen molar-refractivity contribution in [3.05, 3.63) is 247 Å². The van der Waals surface area contributed by atoms with E-state index in [9.17, 15) is 0 Å². The Morgan fingerprint density at radius 1 is 0.238 bits per heavy atom. The number of rotatable bonds is 6. The quantitative estimate of drug-likeness (QED) is 0.157. The lowest BCUT2D eigenvalue weighted by atomic mass is 9.70. The average Bonchev–Trinajstić information content (AvgIpc) is 3.84. The summed E-state index contributed by atoms with van der Waals surface area (Å²) in [5.41, 5.74) is 17.3. The Hall–Kier alpha value is -8.27. The minimum atomic E-state index is -0.401. The molecule has 0 radical (unpaired) electrons. The predicted octanol–water partition coefficient (Wildman–Crippen LogP) is 14.9. The van der Waals surface area contributed by atoms with Crippen molar-refractivity contribution in [2.75, 3.05) is 0 Å². The van der Waals surface area contributed by atoms with E-state index in [0.717, 1.165) is 38.9 Å². The van der Waals surface area contributed by atoms with Crippen LogP contribution in [0.3, 0.4) is 0 Å². The van der Waals surface area contributed by atoms with Gasteiger partial charge >= 0.3 is 0 Å². The van der Waals surface area contributed by atoms with Crippen LogP contribution in [0, 0.1) is 0 Å². The summed E-state index contributed by atoms with van der Waals surface area (Å²) in [4.78, 5) is 15.3. The van der Waals surface area contributed by atoms with Crippen LogP contribution in [0.1, 0.15) is 22.3 Å². The van der Waals surface area contributed by atoms with Crippen molar-refractivity contribution in [3.63, 3.8) is 0 Å². The molecule has 0 amide bonds. The lowest BCUT2D eigenvalue weighted by Gasteiger charge is -2.31. The molecule has 3 heteroatoms. The van der Waals surface area contributed by atoms with Gasteiger partial charge in [0, 0.05) is 16.7 Å². The first-order valence-corrected chi connectivity index (χ1v) is 21.6. The van der Waals surface area contributed by atoms with Gasteiger partial charge in [0.15, 0.2) is 17.5 Å². The lowest BCUT2D eigenvalue weighted by Crippen LogP contribution is -2.26.